The van der Waals surface area contributed by atoms with Gasteiger partial charge in [0.2, 0.25) is 0 Å². The molecule has 0 saturated carbocycles. The van der Waals surface area contributed by atoms with Crippen LogP contribution in [0.4, 0.5) is 10.5 Å². The number of benzene rings is 2. The molecule has 0 radical (unpaired) electrons. The van der Waals surface area contributed by atoms with Gasteiger partial charge in [-0.1, -0.05) is 35.9 Å². The lowest BCUT2D eigenvalue weighted by molar-refractivity contribution is 0.130. The highest BCUT2D eigenvalue weighted by molar-refractivity contribution is 6.30. The molecule has 0 aliphatic heterocycles. The van der Waals surface area contributed by atoms with E-state index in [-0.39, 0.29) is 18.3 Å². The summed E-state index contributed by atoms with van der Waals surface area (Å²) in [4.78, 5) is 25.0. The quantitative estimate of drug-likeness (QED) is 0.528. The van der Waals surface area contributed by atoms with Crippen molar-refractivity contribution in [3.63, 3.8) is 0 Å². The predicted molar refractivity (Wildman–Crippen MR) is 126 cm³/mol. The average Bonchev–Trinajstić information content (AvgIpc) is 2.77. The summed E-state index contributed by atoms with van der Waals surface area (Å²) in [5.41, 5.74) is 1.86. The molecule has 7 nitrogen and oxygen atoms in total. The van der Waals surface area contributed by atoms with Gasteiger partial charge in [-0.05, 0) is 61.9 Å². The topological polar surface area (TPSA) is 82.5 Å². The van der Waals surface area contributed by atoms with Gasteiger partial charge >= 0.3 is 6.09 Å². The minimum atomic E-state index is -0.702. The van der Waals surface area contributed by atoms with Gasteiger partial charge in [0.05, 0.1) is 25.5 Å². The van der Waals surface area contributed by atoms with Crippen LogP contribution in [0.3, 0.4) is 0 Å². The van der Waals surface area contributed by atoms with Gasteiger partial charge in [0.25, 0.3) is 5.56 Å². The Balaban J connectivity index is 1.94. The number of nitrogens with one attached hydrogen (secondary N) is 1. The Bertz CT molecular complexity index is 1150. The molecule has 0 aliphatic carbocycles. The van der Waals surface area contributed by atoms with E-state index >= 15 is 0 Å². The number of hydrogen-bond acceptors (Lipinski definition) is 5. The molecule has 0 fully saturated rings. The summed E-state index contributed by atoms with van der Waals surface area (Å²) in [6.45, 7) is 3.67. The van der Waals surface area contributed by atoms with E-state index in [1.165, 1.54) is 10.7 Å². The Hall–Kier alpha value is -3.58. The molecular weight excluding hydrogens is 430 g/mol. The van der Waals surface area contributed by atoms with Crippen molar-refractivity contribution in [3.8, 4) is 17.0 Å². The molecule has 166 valence electrons. The Kier molecular flexibility index (Phi) is 7.68. The number of rotatable bonds is 7. The number of anilines is 1. The second-order valence-corrected chi connectivity index (χ2v) is 7.63. The van der Waals surface area contributed by atoms with Crippen LogP contribution in [0.15, 0.2) is 65.5 Å². The number of methoxy groups -OCH3 is 1. The van der Waals surface area contributed by atoms with Crippen LogP contribution in [0.1, 0.15) is 19.4 Å². The van der Waals surface area contributed by atoms with Gasteiger partial charge in [-0.3, -0.25) is 10.1 Å². The molecule has 0 aliphatic rings. The first-order valence-corrected chi connectivity index (χ1v) is 10.4. The summed E-state index contributed by atoms with van der Waals surface area (Å²) >= 11 is 5.92. The van der Waals surface area contributed by atoms with Gasteiger partial charge in [0.1, 0.15) is 11.4 Å². The fourth-order valence-corrected chi connectivity index (χ4v) is 3.00. The lowest BCUT2D eigenvalue weighted by atomic mass is 10.1. The molecule has 2 aromatic carbocycles. The number of ether oxygens (including phenoxy) is 2. The summed E-state index contributed by atoms with van der Waals surface area (Å²) in [5.74, 6) is 0.701. The maximum atomic E-state index is 12.9. The first kappa shape index (κ1) is 23.1. The van der Waals surface area contributed by atoms with Crippen molar-refractivity contribution in [1.29, 1.82) is 0 Å². The number of halogens is 1. The SMILES string of the molecule is COc1ccc(-c2cc(NC(=O)OC(C)C)c(=O)n(CC=Cc3ccc(Cl)cc3)n2)cc1. The number of allylic oxidation sites excluding steroid dienone is 1. The number of carbonyl (C=O) groups excluding carboxylic acids is 1. The Morgan fingerprint density at radius 3 is 2.47 bits per heavy atom. The van der Waals surface area contributed by atoms with Crippen LogP contribution in [-0.2, 0) is 11.3 Å². The molecule has 1 amide bonds. The Labute approximate surface area is 191 Å². The fraction of sp³-hybridized carbons (Fsp3) is 0.208. The minimum absolute atomic E-state index is 0.0800. The zero-order valence-electron chi connectivity index (χ0n) is 18.0. The first-order valence-electron chi connectivity index (χ1n) is 10.0. The maximum absolute atomic E-state index is 12.9. The summed E-state index contributed by atoms with van der Waals surface area (Å²) in [6, 6.07) is 16.1. The van der Waals surface area contributed by atoms with Crippen LogP contribution >= 0.6 is 11.6 Å². The molecule has 1 heterocycles. The lowest BCUT2D eigenvalue weighted by Crippen LogP contribution is -2.29. The molecule has 1 aromatic heterocycles. The van der Waals surface area contributed by atoms with E-state index in [0.29, 0.717) is 16.5 Å². The van der Waals surface area contributed by atoms with Crippen molar-refractivity contribution in [1.82, 2.24) is 9.78 Å². The van der Waals surface area contributed by atoms with Crippen molar-refractivity contribution < 1.29 is 14.3 Å². The van der Waals surface area contributed by atoms with Gasteiger partial charge in [-0.15, -0.1) is 0 Å². The Morgan fingerprint density at radius 1 is 1.16 bits per heavy atom. The molecule has 3 aromatic rings. The normalized spacial score (nSPS) is 11.0. The van der Waals surface area contributed by atoms with Gasteiger partial charge in [0.15, 0.2) is 0 Å². The van der Waals surface area contributed by atoms with Crippen LogP contribution in [-0.4, -0.2) is 29.1 Å². The van der Waals surface area contributed by atoms with Crippen molar-refractivity contribution >= 4 is 29.5 Å². The number of carbonyl (C=O) groups is 1. The lowest BCUT2D eigenvalue weighted by Gasteiger charge is -2.12. The first-order chi connectivity index (χ1) is 15.4. The van der Waals surface area contributed by atoms with Crippen LogP contribution in [0.5, 0.6) is 5.75 Å². The maximum Gasteiger partial charge on any atom is 0.412 e. The van der Waals surface area contributed by atoms with E-state index in [1.54, 1.807) is 45.2 Å². The van der Waals surface area contributed by atoms with Crippen LogP contribution in [0.25, 0.3) is 17.3 Å². The molecule has 0 saturated heterocycles. The third-order valence-electron chi connectivity index (χ3n) is 4.40. The molecule has 3 rings (SSSR count). The molecule has 0 bridgehead atoms. The molecular formula is C24H24ClN3O4. The van der Waals surface area contributed by atoms with E-state index in [0.717, 1.165) is 11.1 Å². The predicted octanol–water partition coefficient (Wildman–Crippen LogP) is 5.24. The van der Waals surface area contributed by atoms with Gasteiger partial charge in [0, 0.05) is 10.6 Å². The number of hydrogen-bond donors (Lipinski definition) is 1. The van der Waals surface area contributed by atoms with Crippen molar-refractivity contribution in [2.45, 2.75) is 26.5 Å². The molecule has 0 atom stereocenters. The summed E-state index contributed by atoms with van der Waals surface area (Å²) in [5, 5.41) is 7.65. The monoisotopic (exact) mass is 453 g/mol. The smallest absolute Gasteiger partial charge is 0.412 e. The minimum Gasteiger partial charge on any atom is -0.497 e. The summed E-state index contributed by atoms with van der Waals surface area (Å²) in [6.07, 6.45) is 2.66. The van der Waals surface area contributed by atoms with Crippen molar-refractivity contribution in [3.05, 3.63) is 81.6 Å². The largest absolute Gasteiger partial charge is 0.497 e. The van der Waals surface area contributed by atoms with E-state index in [2.05, 4.69) is 10.4 Å². The third-order valence-corrected chi connectivity index (χ3v) is 4.65. The van der Waals surface area contributed by atoms with Gasteiger partial charge < -0.3 is 9.47 Å². The highest BCUT2D eigenvalue weighted by atomic mass is 35.5. The highest BCUT2D eigenvalue weighted by Gasteiger charge is 2.14. The number of amides is 1. The van der Waals surface area contributed by atoms with Crippen LogP contribution in [0, 0.1) is 0 Å². The van der Waals surface area contributed by atoms with Crippen LogP contribution < -0.4 is 15.6 Å². The second kappa shape index (κ2) is 10.6. The van der Waals surface area contributed by atoms with Crippen molar-refractivity contribution in [2.75, 3.05) is 12.4 Å². The number of aromatic nitrogens is 2. The molecule has 8 heteroatoms. The fourth-order valence-electron chi connectivity index (χ4n) is 2.87. The van der Waals surface area contributed by atoms with Crippen molar-refractivity contribution in [2.24, 2.45) is 0 Å². The Morgan fingerprint density at radius 2 is 1.84 bits per heavy atom. The second-order valence-electron chi connectivity index (χ2n) is 7.19. The van der Waals surface area contributed by atoms with E-state index in [4.69, 9.17) is 21.1 Å². The standard InChI is InChI=1S/C24H24ClN3O4/c1-16(2)32-24(30)26-22-15-21(18-8-12-20(31-3)13-9-18)27-28(23(22)29)14-4-5-17-6-10-19(25)11-7-17/h4-13,15-16H,14H2,1-3H3,(H,26,30). The third kappa shape index (κ3) is 6.21. The number of nitrogens with zero attached hydrogens (tertiary/aromatic N) is 2. The van der Waals surface area contributed by atoms with Gasteiger partial charge in [-0.2, -0.15) is 5.10 Å². The summed E-state index contributed by atoms with van der Waals surface area (Å²) < 4.78 is 11.6. The molecule has 0 unspecified atom stereocenters. The van der Waals surface area contributed by atoms with E-state index < -0.39 is 11.7 Å². The summed E-state index contributed by atoms with van der Waals surface area (Å²) in [7, 11) is 1.59. The molecule has 32 heavy (non-hydrogen) atoms. The van der Waals surface area contributed by atoms with E-state index in [1.807, 2.05) is 36.4 Å². The molecule has 0 spiro atoms. The zero-order valence-corrected chi connectivity index (χ0v) is 18.8. The zero-order chi connectivity index (χ0) is 23.1. The van der Waals surface area contributed by atoms with Gasteiger partial charge in [-0.25, -0.2) is 9.48 Å². The highest BCUT2D eigenvalue weighted by Crippen LogP contribution is 2.22. The average molecular weight is 454 g/mol. The molecule has 1 N–H and O–H groups in total. The van der Waals surface area contributed by atoms with E-state index in [9.17, 15) is 9.59 Å². The van der Waals surface area contributed by atoms with Crippen LogP contribution in [0.2, 0.25) is 5.02 Å².